The predicted octanol–water partition coefficient (Wildman–Crippen LogP) is -13.2. The number of nitrogens with two attached hydrogens (primary N) is 13. The van der Waals surface area contributed by atoms with Gasteiger partial charge in [0.05, 0.1) is 38.3 Å². The Labute approximate surface area is 744 Å². The highest BCUT2D eigenvalue weighted by atomic mass is 16.4. The molecule has 0 rings (SSSR count). The summed E-state index contributed by atoms with van der Waals surface area (Å²) in [5.41, 5.74) is 72.4. The maximum absolute atomic E-state index is 14.4. The smallest absolute Gasteiger partial charge is 0.326 e. The number of primary amides is 1. The zero-order chi connectivity index (χ0) is 97.0. The third-order valence-electron chi connectivity index (χ3n) is 19.2. The molecule has 0 saturated heterocycles. The molecule has 728 valence electrons. The zero-order valence-electron chi connectivity index (χ0n) is 74.0. The highest BCUT2D eigenvalue weighted by Crippen LogP contribution is 2.13. The fourth-order valence-corrected chi connectivity index (χ4v) is 12.0. The number of carbonyl (C=O) groups is 18. The van der Waals surface area contributed by atoms with Gasteiger partial charge in [0.2, 0.25) is 100 Å². The molecule has 0 aromatic heterocycles. The number of aliphatic carboxylic acids is 1. The Morgan fingerprint density at radius 3 is 0.906 bits per heavy atom. The van der Waals surface area contributed by atoms with E-state index in [1.807, 2.05) is 0 Å². The second kappa shape index (κ2) is 66.4. The van der Waals surface area contributed by atoms with Gasteiger partial charge in [-0.05, 0) is 194 Å². The maximum Gasteiger partial charge on any atom is 0.326 e. The van der Waals surface area contributed by atoms with E-state index in [1.165, 1.54) is 20.8 Å². The van der Waals surface area contributed by atoms with Crippen LogP contribution >= 0.6 is 0 Å². The van der Waals surface area contributed by atoms with Crippen molar-refractivity contribution in [2.45, 2.75) is 267 Å². The molecule has 0 aromatic rings. The number of amides is 17. The molecule has 44 N–H and O–H groups in total. The van der Waals surface area contributed by atoms with E-state index in [0.717, 1.165) is 0 Å². The summed E-state index contributed by atoms with van der Waals surface area (Å²) in [6, 6.07) is -18.3. The summed E-state index contributed by atoms with van der Waals surface area (Å²) in [4.78, 5) is 255. The van der Waals surface area contributed by atoms with Crippen molar-refractivity contribution in [3.05, 3.63) is 0 Å². The Balaban J connectivity index is 6.53. The Morgan fingerprint density at radius 2 is 0.555 bits per heavy atom. The summed E-state index contributed by atoms with van der Waals surface area (Å²) < 4.78 is 0. The average Bonchev–Trinajstić information content (AvgIpc) is 0.877. The molecule has 0 unspecified atom stereocenters. The lowest BCUT2D eigenvalue weighted by Gasteiger charge is -2.28. The van der Waals surface area contributed by atoms with Gasteiger partial charge in [0.25, 0.3) is 0 Å². The van der Waals surface area contributed by atoms with Gasteiger partial charge < -0.3 is 170 Å². The standard InChI is InChI=1S/C76H144N32O20/c1-41(2)59(71(125)105-51(25-17-35-91-75(86)87)67(121)98-42(3)61(115)102-49(22-9-14-32-80)66(120)97-43(4)62(116)103-50(23-10-15-33-81)70(124)108-60(44(5)109)72(126)106-53(73(127)128)26-18-36-92-76(88)89)107-69(123)48(21-8-13-31-79)101-56(112)38-93-55(111)37-95-65(119)52(27-28-54(83)110)104-68(122)47(20-7-12-30-78)100-58(114)40-96-64(118)46(24-16-34-90-74(84)85)99-57(113)39-94-63(117)45(82)19-6-11-29-77/h41-53,59-60,109H,6-40,77-82H2,1-5H3,(H2,83,110)(H,93,111)(H,94,117)(H,95,119)(H,96,118)(H,97,120)(H,98,121)(H,99,113)(H,100,114)(H,101,112)(H,102,115)(H,103,116)(H,104,122)(H,105,125)(H,106,126)(H,107,123)(H,108,124)(H,127,128)(H4,84,85,90)(H4,86,87,91)(H4,88,89,92)/t42-,43-,44+,45-,46-,47-,48-,49-,50-,51-,52-,53-,59-,60-/m0/s1. The number of rotatable bonds is 70. The quantitative estimate of drug-likeness (QED) is 0.0153. The van der Waals surface area contributed by atoms with Crippen LogP contribution in [0.5, 0.6) is 0 Å². The Hall–Kier alpha value is -12.0. The van der Waals surface area contributed by atoms with Crippen LogP contribution in [-0.4, -0.2) is 298 Å². The van der Waals surface area contributed by atoms with Crippen molar-refractivity contribution in [2.75, 3.05) is 78.5 Å². The molecule has 52 nitrogen and oxygen atoms in total. The second-order valence-corrected chi connectivity index (χ2v) is 30.7. The number of nitrogens with one attached hydrogen (secondary N) is 16. The summed E-state index contributed by atoms with van der Waals surface area (Å²) in [6.45, 7) is 5.09. The van der Waals surface area contributed by atoms with Gasteiger partial charge in [-0.1, -0.05) is 20.3 Å². The number of hydrogen-bond donors (Lipinski definition) is 31. The lowest BCUT2D eigenvalue weighted by atomic mass is 10.0. The SMILES string of the molecule is CC(C)[C@H](NC(=O)[C@H](CCCCN)NC(=O)CNC(=O)CNC(=O)[C@H](CCC(N)=O)NC(=O)[C@H](CCCCN)NC(=O)CNC(=O)[C@H](CCCN=C(N)N)NC(=O)CNC(=O)[C@@H](N)CCCCN)C(=O)N[C@@H](CCCN=C(N)N)C(=O)N[C@@H](C)C(=O)N[C@@H](CCCCN)C(=O)N[C@@H](C)C(=O)N[C@@H](CCCCN)C(=O)N[C@H](C(=O)N[C@@H](CCCN=C(N)N)C(=O)O)[C@@H](C)O. The number of carboxylic acid groups (broad SMARTS) is 1. The number of hydrogen-bond acceptors (Lipinski definition) is 28. The van der Waals surface area contributed by atoms with Crippen LogP contribution in [0.25, 0.3) is 0 Å². The molecule has 0 radical (unpaired) electrons. The van der Waals surface area contributed by atoms with Crippen molar-refractivity contribution in [2.24, 2.45) is 95.4 Å². The molecule has 0 aliphatic rings. The second-order valence-electron chi connectivity index (χ2n) is 30.7. The van der Waals surface area contributed by atoms with Gasteiger partial charge in [-0.2, -0.15) is 0 Å². The lowest BCUT2D eigenvalue weighted by molar-refractivity contribution is -0.143. The van der Waals surface area contributed by atoms with Crippen molar-refractivity contribution in [3.8, 4) is 0 Å². The minimum Gasteiger partial charge on any atom is -0.480 e. The molecular formula is C76H144N32O20. The number of guanidine groups is 3. The number of carbonyl (C=O) groups excluding carboxylic acids is 17. The fourth-order valence-electron chi connectivity index (χ4n) is 12.0. The molecule has 0 saturated carbocycles. The first-order valence-electron chi connectivity index (χ1n) is 42.8. The molecule has 14 atom stereocenters. The highest BCUT2D eigenvalue weighted by molar-refractivity contribution is 6.00. The molecule has 0 heterocycles. The van der Waals surface area contributed by atoms with E-state index < -0.39 is 236 Å². The number of unbranched alkanes of at least 4 members (excludes halogenated alkanes) is 5. The predicted molar refractivity (Wildman–Crippen MR) is 471 cm³/mol. The minimum absolute atomic E-state index is 0.0397. The van der Waals surface area contributed by atoms with E-state index >= 15 is 0 Å². The average molecular weight is 1830 g/mol. The first-order chi connectivity index (χ1) is 60.5. The van der Waals surface area contributed by atoms with Crippen LogP contribution in [0.1, 0.15) is 182 Å². The number of nitrogens with zero attached hydrogens (tertiary/aromatic N) is 3. The van der Waals surface area contributed by atoms with E-state index in [2.05, 4.69) is 100 Å². The van der Waals surface area contributed by atoms with Crippen molar-refractivity contribution in [1.29, 1.82) is 0 Å². The molecule has 52 heteroatoms. The van der Waals surface area contributed by atoms with Crippen molar-refractivity contribution < 1.29 is 96.5 Å². The summed E-state index contributed by atoms with van der Waals surface area (Å²) in [5.74, 6) is -18.3. The molecular weight excluding hydrogens is 1680 g/mol. The van der Waals surface area contributed by atoms with E-state index in [-0.39, 0.29) is 154 Å². The van der Waals surface area contributed by atoms with Gasteiger partial charge >= 0.3 is 5.97 Å². The summed E-state index contributed by atoms with van der Waals surface area (Å²) in [5, 5.41) is 59.7. The van der Waals surface area contributed by atoms with Gasteiger partial charge in [0, 0.05) is 26.1 Å². The number of aliphatic hydroxyl groups excluding tert-OH is 1. The summed E-state index contributed by atoms with van der Waals surface area (Å²) in [6.07, 6.45) is 1.40. The molecule has 0 aliphatic heterocycles. The van der Waals surface area contributed by atoms with E-state index in [4.69, 9.17) is 74.5 Å². The van der Waals surface area contributed by atoms with E-state index in [0.29, 0.717) is 51.5 Å². The zero-order valence-corrected chi connectivity index (χ0v) is 74.0. The van der Waals surface area contributed by atoms with Gasteiger partial charge in [-0.15, -0.1) is 0 Å². The fraction of sp³-hybridized carbons (Fsp3) is 0.724. The Bertz CT molecular complexity index is 3640. The van der Waals surface area contributed by atoms with E-state index in [1.54, 1.807) is 13.8 Å². The third kappa shape index (κ3) is 52.2. The van der Waals surface area contributed by atoms with Crippen LogP contribution in [0.2, 0.25) is 0 Å². The normalized spacial score (nSPS) is 14.2. The third-order valence-corrected chi connectivity index (χ3v) is 19.2. The molecule has 0 spiro atoms. The Morgan fingerprint density at radius 1 is 0.281 bits per heavy atom. The van der Waals surface area contributed by atoms with Crippen LogP contribution < -0.4 is 160 Å². The molecule has 0 fully saturated rings. The number of aliphatic hydroxyl groups is 1. The number of carboxylic acids is 1. The van der Waals surface area contributed by atoms with Crippen LogP contribution in [-0.2, 0) is 86.3 Å². The lowest BCUT2D eigenvalue weighted by Crippen LogP contribution is -2.61. The van der Waals surface area contributed by atoms with E-state index in [9.17, 15) is 96.5 Å². The minimum atomic E-state index is -1.72. The van der Waals surface area contributed by atoms with Crippen LogP contribution in [0.3, 0.4) is 0 Å². The molecule has 17 amide bonds. The number of aliphatic imine (C=N–C) groups is 3. The summed E-state index contributed by atoms with van der Waals surface area (Å²) >= 11 is 0. The molecule has 0 aromatic carbocycles. The van der Waals surface area contributed by atoms with Crippen LogP contribution in [0.4, 0.5) is 0 Å². The van der Waals surface area contributed by atoms with Crippen LogP contribution in [0.15, 0.2) is 15.0 Å². The first kappa shape index (κ1) is 116. The molecule has 128 heavy (non-hydrogen) atoms. The van der Waals surface area contributed by atoms with Gasteiger partial charge in [0.1, 0.15) is 72.5 Å². The molecule has 0 bridgehead atoms. The van der Waals surface area contributed by atoms with Crippen LogP contribution in [0, 0.1) is 5.92 Å². The van der Waals surface area contributed by atoms with Gasteiger partial charge in [-0.25, -0.2) is 4.79 Å². The van der Waals surface area contributed by atoms with Gasteiger partial charge in [-0.3, -0.25) is 96.5 Å². The maximum atomic E-state index is 14.4. The first-order valence-corrected chi connectivity index (χ1v) is 42.8. The van der Waals surface area contributed by atoms with Crippen molar-refractivity contribution in [3.63, 3.8) is 0 Å². The van der Waals surface area contributed by atoms with Gasteiger partial charge in [0.15, 0.2) is 17.9 Å². The topological polar surface area (TPSA) is 916 Å². The van der Waals surface area contributed by atoms with Crippen molar-refractivity contribution in [1.82, 2.24) is 85.1 Å². The Kier molecular flexibility index (Phi) is 60.2. The summed E-state index contributed by atoms with van der Waals surface area (Å²) in [7, 11) is 0. The van der Waals surface area contributed by atoms with Crippen molar-refractivity contribution >= 4 is 124 Å². The highest BCUT2D eigenvalue weighted by Gasteiger charge is 2.37. The molecule has 0 aliphatic carbocycles. The monoisotopic (exact) mass is 1830 g/mol. The largest absolute Gasteiger partial charge is 0.480 e.